The Hall–Kier alpha value is -1.16. The van der Waals surface area contributed by atoms with E-state index >= 15 is 0 Å². The van der Waals surface area contributed by atoms with E-state index in [1.165, 1.54) is 0 Å². The van der Waals surface area contributed by atoms with Crippen molar-refractivity contribution in [3.8, 4) is 0 Å². The molecule has 4 nitrogen and oxygen atoms in total. The fourth-order valence-corrected chi connectivity index (χ4v) is 1.79. The first-order chi connectivity index (χ1) is 6.77. The standard InChI is InChI=1S/C10H14N2O2/c1-7-11-6-9(10(13)12-7)8-2-4-14-5-3-8/h6,8H,2-5H2,1H3,(H,11,12,13). The maximum Gasteiger partial charge on any atom is 0.254 e. The van der Waals surface area contributed by atoms with Gasteiger partial charge in [0.1, 0.15) is 5.82 Å². The van der Waals surface area contributed by atoms with E-state index in [1.54, 1.807) is 13.1 Å². The predicted molar refractivity (Wildman–Crippen MR) is 52.4 cm³/mol. The molecule has 1 aliphatic heterocycles. The zero-order chi connectivity index (χ0) is 9.97. The van der Waals surface area contributed by atoms with E-state index in [0.717, 1.165) is 31.6 Å². The van der Waals surface area contributed by atoms with Crippen LogP contribution in [0.1, 0.15) is 30.1 Å². The van der Waals surface area contributed by atoms with Crippen LogP contribution >= 0.6 is 0 Å². The van der Waals surface area contributed by atoms with Gasteiger partial charge in [-0.25, -0.2) is 4.98 Å². The number of ether oxygens (including phenoxy) is 1. The van der Waals surface area contributed by atoms with Gasteiger partial charge < -0.3 is 9.72 Å². The molecule has 1 N–H and O–H groups in total. The average Bonchev–Trinajstić information content (AvgIpc) is 2.19. The fraction of sp³-hybridized carbons (Fsp3) is 0.600. The van der Waals surface area contributed by atoms with Crippen LogP contribution in [0.15, 0.2) is 11.0 Å². The van der Waals surface area contributed by atoms with E-state index in [2.05, 4.69) is 9.97 Å². The highest BCUT2D eigenvalue weighted by atomic mass is 16.5. The Morgan fingerprint density at radius 2 is 2.21 bits per heavy atom. The highest BCUT2D eigenvalue weighted by molar-refractivity contribution is 5.12. The summed E-state index contributed by atoms with van der Waals surface area (Å²) in [6.07, 6.45) is 3.55. The number of H-pyrrole nitrogens is 1. The maximum absolute atomic E-state index is 11.6. The van der Waals surface area contributed by atoms with Crippen LogP contribution in [0.25, 0.3) is 0 Å². The zero-order valence-corrected chi connectivity index (χ0v) is 8.25. The van der Waals surface area contributed by atoms with Crippen molar-refractivity contribution in [1.29, 1.82) is 0 Å². The topological polar surface area (TPSA) is 55.0 Å². The molecule has 4 heteroatoms. The number of aromatic amines is 1. The van der Waals surface area contributed by atoms with Crippen molar-refractivity contribution < 1.29 is 4.74 Å². The molecule has 0 unspecified atom stereocenters. The normalized spacial score (nSPS) is 18.4. The molecule has 1 aliphatic rings. The van der Waals surface area contributed by atoms with Crippen LogP contribution < -0.4 is 5.56 Å². The highest BCUT2D eigenvalue weighted by Crippen LogP contribution is 2.23. The summed E-state index contributed by atoms with van der Waals surface area (Å²) in [4.78, 5) is 18.5. The van der Waals surface area contributed by atoms with Crippen molar-refractivity contribution in [3.63, 3.8) is 0 Å². The second kappa shape index (κ2) is 3.92. The monoisotopic (exact) mass is 194 g/mol. The average molecular weight is 194 g/mol. The van der Waals surface area contributed by atoms with Gasteiger partial charge in [-0.1, -0.05) is 0 Å². The maximum atomic E-state index is 11.6. The molecule has 0 atom stereocenters. The SMILES string of the molecule is Cc1ncc(C2CCOCC2)c(=O)[nH]1. The summed E-state index contributed by atoms with van der Waals surface area (Å²) in [5.41, 5.74) is 0.809. The first-order valence-corrected chi connectivity index (χ1v) is 4.91. The highest BCUT2D eigenvalue weighted by Gasteiger charge is 2.18. The van der Waals surface area contributed by atoms with Crippen LogP contribution in [0.3, 0.4) is 0 Å². The lowest BCUT2D eigenvalue weighted by atomic mass is 9.94. The molecule has 0 bridgehead atoms. The molecule has 1 aromatic heterocycles. The molecule has 1 aromatic rings. The lowest BCUT2D eigenvalue weighted by Gasteiger charge is -2.21. The molecule has 0 aliphatic carbocycles. The lowest BCUT2D eigenvalue weighted by molar-refractivity contribution is 0.0850. The Morgan fingerprint density at radius 1 is 1.50 bits per heavy atom. The van der Waals surface area contributed by atoms with E-state index in [9.17, 15) is 4.79 Å². The molecule has 0 saturated carbocycles. The van der Waals surface area contributed by atoms with Gasteiger partial charge in [0.05, 0.1) is 0 Å². The van der Waals surface area contributed by atoms with Crippen molar-refractivity contribution in [2.75, 3.05) is 13.2 Å². The van der Waals surface area contributed by atoms with Gasteiger partial charge in [0.25, 0.3) is 5.56 Å². The molecular weight excluding hydrogens is 180 g/mol. The minimum absolute atomic E-state index is 0.00407. The number of hydrogen-bond donors (Lipinski definition) is 1. The summed E-state index contributed by atoms with van der Waals surface area (Å²) < 4.78 is 5.25. The van der Waals surface area contributed by atoms with Gasteiger partial charge >= 0.3 is 0 Å². The van der Waals surface area contributed by atoms with Gasteiger partial charge in [0, 0.05) is 25.0 Å². The largest absolute Gasteiger partial charge is 0.381 e. The number of nitrogens with one attached hydrogen (secondary N) is 1. The minimum Gasteiger partial charge on any atom is -0.381 e. The summed E-state index contributed by atoms with van der Waals surface area (Å²) in [6, 6.07) is 0. The second-order valence-corrected chi connectivity index (χ2v) is 3.64. The molecule has 0 radical (unpaired) electrons. The van der Waals surface area contributed by atoms with Crippen LogP contribution in [0.2, 0.25) is 0 Å². The Bertz CT molecular complexity index is 367. The van der Waals surface area contributed by atoms with E-state index in [4.69, 9.17) is 4.74 Å². The Kier molecular flexibility index (Phi) is 2.63. The van der Waals surface area contributed by atoms with Gasteiger partial charge in [-0.15, -0.1) is 0 Å². The van der Waals surface area contributed by atoms with E-state index < -0.39 is 0 Å². The number of aromatic nitrogens is 2. The van der Waals surface area contributed by atoms with Crippen molar-refractivity contribution in [3.05, 3.63) is 27.9 Å². The number of hydrogen-bond acceptors (Lipinski definition) is 3. The summed E-state index contributed by atoms with van der Waals surface area (Å²) in [6.45, 7) is 3.28. The molecular formula is C10H14N2O2. The number of aryl methyl sites for hydroxylation is 1. The van der Waals surface area contributed by atoms with E-state index in [0.29, 0.717) is 11.7 Å². The fourth-order valence-electron chi connectivity index (χ4n) is 1.79. The Labute approximate surface area is 82.3 Å². The van der Waals surface area contributed by atoms with Gasteiger partial charge in [-0.05, 0) is 25.7 Å². The number of rotatable bonds is 1. The van der Waals surface area contributed by atoms with Crippen LogP contribution in [-0.4, -0.2) is 23.2 Å². The molecule has 0 spiro atoms. The molecule has 0 aromatic carbocycles. The molecule has 1 saturated heterocycles. The van der Waals surface area contributed by atoms with Crippen molar-refractivity contribution in [2.24, 2.45) is 0 Å². The first-order valence-electron chi connectivity index (χ1n) is 4.91. The molecule has 14 heavy (non-hydrogen) atoms. The third-order valence-corrected chi connectivity index (χ3v) is 2.62. The lowest BCUT2D eigenvalue weighted by Crippen LogP contribution is -2.23. The molecule has 76 valence electrons. The Morgan fingerprint density at radius 3 is 2.86 bits per heavy atom. The smallest absolute Gasteiger partial charge is 0.254 e. The summed E-state index contributed by atoms with van der Waals surface area (Å²) in [5.74, 6) is 0.992. The number of nitrogens with zero attached hydrogens (tertiary/aromatic N) is 1. The Balaban J connectivity index is 2.26. The quantitative estimate of drug-likeness (QED) is 0.724. The minimum atomic E-state index is 0.00407. The summed E-state index contributed by atoms with van der Waals surface area (Å²) in [5, 5.41) is 0. The van der Waals surface area contributed by atoms with Gasteiger partial charge in [0.2, 0.25) is 0 Å². The zero-order valence-electron chi connectivity index (χ0n) is 8.25. The van der Waals surface area contributed by atoms with E-state index in [-0.39, 0.29) is 5.56 Å². The molecule has 2 rings (SSSR count). The van der Waals surface area contributed by atoms with Crippen LogP contribution in [0.4, 0.5) is 0 Å². The van der Waals surface area contributed by atoms with Gasteiger partial charge in [-0.2, -0.15) is 0 Å². The summed E-state index contributed by atoms with van der Waals surface area (Å²) in [7, 11) is 0. The molecule has 2 heterocycles. The molecule has 1 fully saturated rings. The van der Waals surface area contributed by atoms with Crippen molar-refractivity contribution in [1.82, 2.24) is 9.97 Å². The second-order valence-electron chi connectivity index (χ2n) is 3.64. The first kappa shape index (κ1) is 9.40. The third-order valence-electron chi connectivity index (χ3n) is 2.62. The van der Waals surface area contributed by atoms with Crippen molar-refractivity contribution in [2.45, 2.75) is 25.7 Å². The van der Waals surface area contributed by atoms with E-state index in [1.807, 2.05) is 0 Å². The molecule has 0 amide bonds. The summed E-state index contributed by atoms with van der Waals surface area (Å²) >= 11 is 0. The van der Waals surface area contributed by atoms with Crippen LogP contribution in [-0.2, 0) is 4.74 Å². The van der Waals surface area contributed by atoms with Crippen LogP contribution in [0, 0.1) is 6.92 Å². The van der Waals surface area contributed by atoms with Gasteiger partial charge in [-0.3, -0.25) is 4.79 Å². The third kappa shape index (κ3) is 1.85. The van der Waals surface area contributed by atoms with Gasteiger partial charge in [0.15, 0.2) is 0 Å². The van der Waals surface area contributed by atoms with Crippen molar-refractivity contribution >= 4 is 0 Å². The predicted octanol–water partition coefficient (Wildman–Crippen LogP) is 0.972. The van der Waals surface area contributed by atoms with Crippen LogP contribution in [0.5, 0.6) is 0 Å².